The van der Waals surface area contributed by atoms with Crippen molar-refractivity contribution in [3.8, 4) is 0 Å². The van der Waals surface area contributed by atoms with Crippen molar-refractivity contribution in [1.29, 1.82) is 0 Å². The van der Waals surface area contributed by atoms with E-state index in [-0.39, 0.29) is 12.1 Å². The van der Waals surface area contributed by atoms with Gasteiger partial charge in [-0.15, -0.1) is 0 Å². The second-order valence-electron chi connectivity index (χ2n) is 6.12. The van der Waals surface area contributed by atoms with E-state index in [4.69, 9.17) is 5.73 Å². The molecule has 1 fully saturated rings. The van der Waals surface area contributed by atoms with Crippen LogP contribution in [0.4, 0.5) is 0 Å². The quantitative estimate of drug-likeness (QED) is 0.698. The van der Waals surface area contributed by atoms with Crippen LogP contribution in [0.25, 0.3) is 0 Å². The van der Waals surface area contributed by atoms with E-state index < -0.39 is 0 Å². The Morgan fingerprint density at radius 2 is 1.95 bits per heavy atom. The van der Waals surface area contributed by atoms with E-state index in [0.717, 1.165) is 31.8 Å². The van der Waals surface area contributed by atoms with E-state index in [9.17, 15) is 5.11 Å². The van der Waals surface area contributed by atoms with E-state index in [2.05, 4.69) is 30.7 Å². The van der Waals surface area contributed by atoms with Crippen LogP contribution in [0.5, 0.6) is 0 Å². The molecule has 1 atom stereocenters. The van der Waals surface area contributed by atoms with Gasteiger partial charge in [-0.2, -0.15) is 0 Å². The molecule has 3 N–H and O–H groups in total. The Balaban J connectivity index is 2.23. The Kier molecular flexibility index (Phi) is 7.29. The third-order valence-electron chi connectivity index (χ3n) is 4.83. The summed E-state index contributed by atoms with van der Waals surface area (Å²) < 4.78 is 0. The van der Waals surface area contributed by atoms with E-state index in [1.807, 2.05) is 0 Å². The van der Waals surface area contributed by atoms with Crippen LogP contribution in [-0.4, -0.2) is 66.3 Å². The van der Waals surface area contributed by atoms with Gasteiger partial charge in [0, 0.05) is 11.6 Å². The first-order chi connectivity index (χ1) is 9.04. The highest BCUT2D eigenvalue weighted by Crippen LogP contribution is 2.18. The lowest BCUT2D eigenvalue weighted by molar-refractivity contribution is 0.123. The van der Waals surface area contributed by atoms with E-state index in [0.29, 0.717) is 0 Å². The van der Waals surface area contributed by atoms with Crippen molar-refractivity contribution in [3.63, 3.8) is 0 Å². The molecule has 0 aliphatic carbocycles. The molecule has 114 valence electrons. The van der Waals surface area contributed by atoms with Gasteiger partial charge in [-0.05, 0) is 65.3 Å². The molecule has 1 saturated heterocycles. The van der Waals surface area contributed by atoms with Crippen LogP contribution in [-0.2, 0) is 0 Å². The minimum Gasteiger partial charge on any atom is -0.394 e. The number of aliphatic hydroxyl groups is 1. The maximum atomic E-state index is 9.31. The summed E-state index contributed by atoms with van der Waals surface area (Å²) >= 11 is 0. The van der Waals surface area contributed by atoms with Crippen molar-refractivity contribution in [1.82, 2.24) is 9.80 Å². The lowest BCUT2D eigenvalue weighted by atomic mass is 9.92. The van der Waals surface area contributed by atoms with Crippen LogP contribution in [0.3, 0.4) is 0 Å². The molecule has 1 aliphatic rings. The van der Waals surface area contributed by atoms with Gasteiger partial charge in [-0.1, -0.05) is 13.8 Å². The van der Waals surface area contributed by atoms with Crippen LogP contribution in [0.1, 0.15) is 46.0 Å². The van der Waals surface area contributed by atoms with Crippen molar-refractivity contribution in [3.05, 3.63) is 0 Å². The molecule has 19 heavy (non-hydrogen) atoms. The number of likely N-dealkylation sites (tertiary alicyclic amines) is 1. The van der Waals surface area contributed by atoms with E-state index in [1.54, 1.807) is 0 Å². The fourth-order valence-electron chi connectivity index (χ4n) is 2.91. The zero-order chi connectivity index (χ0) is 14.3. The Bertz CT molecular complexity index is 236. The molecule has 4 nitrogen and oxygen atoms in total. The van der Waals surface area contributed by atoms with Crippen molar-refractivity contribution in [2.45, 2.75) is 57.5 Å². The Hall–Kier alpha value is -0.160. The SMILES string of the molecule is CCN1CCC(N(C)CCCC(N)(CC)CO)CC1. The van der Waals surface area contributed by atoms with Crippen LogP contribution < -0.4 is 5.73 Å². The van der Waals surface area contributed by atoms with E-state index >= 15 is 0 Å². The lowest BCUT2D eigenvalue weighted by Gasteiger charge is -2.36. The summed E-state index contributed by atoms with van der Waals surface area (Å²) in [4.78, 5) is 5.01. The number of nitrogens with zero attached hydrogens (tertiary/aromatic N) is 2. The van der Waals surface area contributed by atoms with Gasteiger partial charge in [0.15, 0.2) is 0 Å². The van der Waals surface area contributed by atoms with Crippen LogP contribution >= 0.6 is 0 Å². The first kappa shape index (κ1) is 16.9. The Morgan fingerprint density at radius 1 is 1.32 bits per heavy atom. The summed E-state index contributed by atoms with van der Waals surface area (Å²) in [6.45, 7) is 9.14. The number of rotatable bonds is 8. The largest absolute Gasteiger partial charge is 0.394 e. The van der Waals surface area contributed by atoms with Crippen molar-refractivity contribution in [2.24, 2.45) is 5.73 Å². The highest BCUT2D eigenvalue weighted by Gasteiger charge is 2.24. The Labute approximate surface area is 118 Å². The summed E-state index contributed by atoms with van der Waals surface area (Å²) in [5.41, 5.74) is 5.75. The molecule has 1 heterocycles. The highest BCUT2D eigenvalue weighted by atomic mass is 16.3. The van der Waals surface area contributed by atoms with Gasteiger partial charge in [0.05, 0.1) is 6.61 Å². The average molecular weight is 271 g/mol. The second kappa shape index (κ2) is 8.20. The molecular formula is C15H33N3O. The summed E-state index contributed by atoms with van der Waals surface area (Å²) in [6.07, 6.45) is 5.41. The molecule has 0 aromatic rings. The maximum Gasteiger partial charge on any atom is 0.0611 e. The number of nitrogens with two attached hydrogens (primary N) is 1. The third kappa shape index (κ3) is 5.38. The molecule has 1 aliphatic heterocycles. The van der Waals surface area contributed by atoms with E-state index in [1.165, 1.54) is 32.5 Å². The predicted molar refractivity (Wildman–Crippen MR) is 81.3 cm³/mol. The highest BCUT2D eigenvalue weighted by molar-refractivity contribution is 4.83. The number of aliphatic hydroxyl groups excluding tert-OH is 1. The topological polar surface area (TPSA) is 52.7 Å². The summed E-state index contributed by atoms with van der Waals surface area (Å²) in [5.74, 6) is 0. The third-order valence-corrected chi connectivity index (χ3v) is 4.83. The van der Waals surface area contributed by atoms with Crippen LogP contribution in [0.15, 0.2) is 0 Å². The average Bonchev–Trinajstić information content (AvgIpc) is 2.47. The molecule has 0 spiro atoms. The first-order valence-electron chi connectivity index (χ1n) is 7.87. The number of piperidine rings is 1. The zero-order valence-electron chi connectivity index (χ0n) is 13.1. The lowest BCUT2D eigenvalue weighted by Crippen LogP contribution is -2.45. The molecule has 4 heteroatoms. The summed E-state index contributed by atoms with van der Waals surface area (Å²) in [5, 5.41) is 9.31. The summed E-state index contributed by atoms with van der Waals surface area (Å²) in [6, 6.07) is 0.728. The standard InChI is InChI=1S/C15H33N3O/c1-4-15(16,13-19)9-6-10-17(3)14-7-11-18(5-2)12-8-14/h14,19H,4-13,16H2,1-3H3. The van der Waals surface area contributed by atoms with Gasteiger partial charge in [-0.25, -0.2) is 0 Å². The smallest absolute Gasteiger partial charge is 0.0611 e. The predicted octanol–water partition coefficient (Wildman–Crippen LogP) is 1.28. The molecule has 0 bridgehead atoms. The van der Waals surface area contributed by atoms with Crippen LogP contribution in [0, 0.1) is 0 Å². The monoisotopic (exact) mass is 271 g/mol. The molecule has 0 aromatic heterocycles. The zero-order valence-corrected chi connectivity index (χ0v) is 13.1. The fourth-order valence-corrected chi connectivity index (χ4v) is 2.91. The minimum atomic E-state index is -0.369. The van der Waals surface area contributed by atoms with Gasteiger partial charge in [0.1, 0.15) is 0 Å². The van der Waals surface area contributed by atoms with Gasteiger partial charge >= 0.3 is 0 Å². The van der Waals surface area contributed by atoms with Gasteiger partial charge < -0.3 is 20.6 Å². The van der Waals surface area contributed by atoms with Crippen molar-refractivity contribution in [2.75, 3.05) is 39.8 Å². The van der Waals surface area contributed by atoms with Gasteiger partial charge in [0.2, 0.25) is 0 Å². The molecule has 0 aromatic carbocycles. The first-order valence-corrected chi connectivity index (χ1v) is 7.87. The van der Waals surface area contributed by atoms with Gasteiger partial charge in [0.25, 0.3) is 0 Å². The normalized spacial score (nSPS) is 21.8. The number of hydrogen-bond donors (Lipinski definition) is 2. The number of hydrogen-bond acceptors (Lipinski definition) is 4. The Morgan fingerprint density at radius 3 is 2.42 bits per heavy atom. The van der Waals surface area contributed by atoms with Crippen molar-refractivity contribution >= 4 is 0 Å². The minimum absolute atomic E-state index is 0.0993. The molecule has 0 radical (unpaired) electrons. The molecule has 0 saturated carbocycles. The fraction of sp³-hybridized carbons (Fsp3) is 1.00. The molecule has 1 rings (SSSR count). The van der Waals surface area contributed by atoms with Gasteiger partial charge in [-0.3, -0.25) is 0 Å². The van der Waals surface area contributed by atoms with Crippen LogP contribution in [0.2, 0.25) is 0 Å². The van der Waals surface area contributed by atoms with Crippen molar-refractivity contribution < 1.29 is 5.11 Å². The molecular weight excluding hydrogens is 238 g/mol. The molecule has 0 amide bonds. The summed E-state index contributed by atoms with van der Waals surface area (Å²) in [7, 11) is 2.23. The second-order valence-corrected chi connectivity index (χ2v) is 6.12. The molecule has 1 unspecified atom stereocenters. The maximum absolute atomic E-state index is 9.31.